The maximum Gasteiger partial charge on any atom is 0.307 e. The Kier molecular flexibility index (Phi) is 6.72. The number of hydrogen-bond acceptors (Lipinski definition) is 3. The summed E-state index contributed by atoms with van der Waals surface area (Å²) in [5, 5.41) is 17.6. The van der Waals surface area contributed by atoms with Gasteiger partial charge in [0.05, 0.1) is 12.3 Å². The average molecular weight is 231 g/mol. The second kappa shape index (κ2) is 7.22. The van der Waals surface area contributed by atoms with Crippen molar-refractivity contribution in [3.05, 3.63) is 0 Å². The Morgan fingerprint density at radius 1 is 1.19 bits per heavy atom. The Morgan fingerprint density at radius 3 is 2.00 bits per heavy atom. The second-order valence-corrected chi connectivity index (χ2v) is 4.01. The molecular weight excluding hydrogens is 210 g/mol. The van der Waals surface area contributed by atoms with Crippen LogP contribution in [0.4, 0.5) is 0 Å². The lowest BCUT2D eigenvalue weighted by Gasteiger charge is -2.25. The fraction of sp³-hybridized carbons (Fsp3) is 0.818. The first kappa shape index (κ1) is 14.9. The van der Waals surface area contributed by atoms with Gasteiger partial charge in [0.2, 0.25) is 0 Å². The maximum atomic E-state index is 11.0. The van der Waals surface area contributed by atoms with E-state index in [1.54, 1.807) is 6.92 Å². The van der Waals surface area contributed by atoms with Crippen molar-refractivity contribution in [2.45, 2.75) is 27.2 Å². The highest BCUT2D eigenvalue weighted by atomic mass is 16.4. The molecule has 0 bridgehead atoms. The van der Waals surface area contributed by atoms with E-state index in [9.17, 15) is 9.59 Å². The minimum absolute atomic E-state index is 0.159. The fourth-order valence-electron chi connectivity index (χ4n) is 1.74. The molecule has 0 aliphatic carbocycles. The number of carbonyl (C=O) groups is 2. The van der Waals surface area contributed by atoms with Gasteiger partial charge in [-0.3, -0.25) is 9.59 Å². The Labute approximate surface area is 96.1 Å². The third-order valence-electron chi connectivity index (χ3n) is 2.84. The Hall–Kier alpha value is -1.10. The van der Waals surface area contributed by atoms with E-state index < -0.39 is 17.9 Å². The highest BCUT2D eigenvalue weighted by Gasteiger charge is 2.28. The molecule has 0 aromatic carbocycles. The first-order chi connectivity index (χ1) is 7.42. The van der Waals surface area contributed by atoms with Crippen LogP contribution in [0.25, 0.3) is 0 Å². The molecule has 0 aliphatic rings. The minimum atomic E-state index is -1.06. The van der Waals surface area contributed by atoms with Gasteiger partial charge in [0.1, 0.15) is 0 Å². The number of aliphatic carboxylic acids is 2. The van der Waals surface area contributed by atoms with Gasteiger partial charge in [0, 0.05) is 6.54 Å². The van der Waals surface area contributed by atoms with Crippen LogP contribution in [0.2, 0.25) is 0 Å². The van der Waals surface area contributed by atoms with Crippen molar-refractivity contribution in [2.24, 2.45) is 11.8 Å². The molecule has 0 heterocycles. The van der Waals surface area contributed by atoms with Gasteiger partial charge in [-0.15, -0.1) is 0 Å². The summed E-state index contributed by atoms with van der Waals surface area (Å²) < 4.78 is 0. The normalized spacial score (nSPS) is 14.8. The van der Waals surface area contributed by atoms with Crippen molar-refractivity contribution >= 4 is 11.9 Å². The zero-order valence-corrected chi connectivity index (χ0v) is 10.1. The molecule has 94 valence electrons. The molecule has 0 radical (unpaired) electrons. The van der Waals surface area contributed by atoms with Gasteiger partial charge in [-0.2, -0.15) is 0 Å². The van der Waals surface area contributed by atoms with E-state index in [-0.39, 0.29) is 12.3 Å². The van der Waals surface area contributed by atoms with Crippen molar-refractivity contribution in [3.63, 3.8) is 0 Å². The molecule has 0 saturated carbocycles. The molecule has 16 heavy (non-hydrogen) atoms. The third kappa shape index (κ3) is 5.11. The molecule has 0 spiro atoms. The highest BCUT2D eigenvalue weighted by molar-refractivity contribution is 5.77. The summed E-state index contributed by atoms with van der Waals surface area (Å²) in [4.78, 5) is 23.6. The van der Waals surface area contributed by atoms with Crippen LogP contribution >= 0.6 is 0 Å². The Balaban J connectivity index is 4.42. The van der Waals surface area contributed by atoms with E-state index in [1.165, 1.54) is 0 Å². The van der Waals surface area contributed by atoms with Gasteiger partial charge in [-0.05, 0) is 19.0 Å². The van der Waals surface area contributed by atoms with Crippen LogP contribution in [-0.2, 0) is 9.59 Å². The van der Waals surface area contributed by atoms with Crippen LogP contribution in [0, 0.1) is 11.8 Å². The van der Waals surface area contributed by atoms with E-state index in [0.717, 1.165) is 13.1 Å². The van der Waals surface area contributed by atoms with Crippen molar-refractivity contribution in [3.8, 4) is 0 Å². The van der Waals surface area contributed by atoms with Gasteiger partial charge in [0.15, 0.2) is 0 Å². The largest absolute Gasteiger partial charge is 0.481 e. The van der Waals surface area contributed by atoms with E-state index in [0.29, 0.717) is 6.54 Å². The van der Waals surface area contributed by atoms with Crippen molar-refractivity contribution in [2.75, 3.05) is 19.6 Å². The SMILES string of the molecule is CCN(CC)CC(C)C(CC(=O)O)C(=O)O. The summed E-state index contributed by atoms with van der Waals surface area (Å²) in [6, 6.07) is 0. The molecule has 2 unspecified atom stereocenters. The number of hydrogen-bond donors (Lipinski definition) is 2. The lowest BCUT2D eigenvalue weighted by molar-refractivity contribution is -0.150. The number of nitrogens with zero attached hydrogens (tertiary/aromatic N) is 1. The highest BCUT2D eigenvalue weighted by Crippen LogP contribution is 2.17. The molecule has 5 nitrogen and oxygen atoms in total. The number of carboxylic acid groups (broad SMARTS) is 2. The maximum absolute atomic E-state index is 11.0. The lowest BCUT2D eigenvalue weighted by atomic mass is 9.90. The fourth-order valence-corrected chi connectivity index (χ4v) is 1.74. The van der Waals surface area contributed by atoms with Crippen LogP contribution in [0.5, 0.6) is 0 Å². The van der Waals surface area contributed by atoms with Gasteiger partial charge in [0.25, 0.3) is 0 Å². The molecular formula is C11H21NO4. The summed E-state index contributed by atoms with van der Waals surface area (Å²) in [6.45, 7) is 8.12. The van der Waals surface area contributed by atoms with E-state index in [1.807, 2.05) is 13.8 Å². The van der Waals surface area contributed by atoms with Crippen molar-refractivity contribution in [1.82, 2.24) is 4.90 Å². The van der Waals surface area contributed by atoms with Crippen LogP contribution < -0.4 is 0 Å². The topological polar surface area (TPSA) is 77.8 Å². The number of rotatable bonds is 8. The zero-order valence-electron chi connectivity index (χ0n) is 10.1. The molecule has 2 atom stereocenters. The van der Waals surface area contributed by atoms with Crippen LogP contribution in [0.1, 0.15) is 27.2 Å². The lowest BCUT2D eigenvalue weighted by Crippen LogP contribution is -2.35. The van der Waals surface area contributed by atoms with E-state index in [2.05, 4.69) is 4.90 Å². The van der Waals surface area contributed by atoms with Crippen LogP contribution in [0.15, 0.2) is 0 Å². The first-order valence-electron chi connectivity index (χ1n) is 5.59. The van der Waals surface area contributed by atoms with Gasteiger partial charge in [-0.25, -0.2) is 0 Å². The smallest absolute Gasteiger partial charge is 0.307 e. The summed E-state index contributed by atoms with van der Waals surface area (Å²) in [6.07, 6.45) is -0.308. The molecule has 0 aromatic rings. The quantitative estimate of drug-likeness (QED) is 0.655. The molecule has 5 heteroatoms. The monoisotopic (exact) mass is 231 g/mol. The molecule has 0 aliphatic heterocycles. The van der Waals surface area contributed by atoms with Crippen molar-refractivity contribution < 1.29 is 19.8 Å². The molecule has 0 fully saturated rings. The second-order valence-electron chi connectivity index (χ2n) is 4.01. The van der Waals surface area contributed by atoms with E-state index >= 15 is 0 Å². The minimum Gasteiger partial charge on any atom is -0.481 e. The van der Waals surface area contributed by atoms with Crippen LogP contribution in [-0.4, -0.2) is 46.7 Å². The predicted octanol–water partition coefficient (Wildman–Crippen LogP) is 1.14. The molecule has 0 saturated heterocycles. The Morgan fingerprint density at radius 2 is 1.69 bits per heavy atom. The van der Waals surface area contributed by atoms with Gasteiger partial charge < -0.3 is 15.1 Å². The molecule has 0 rings (SSSR count). The van der Waals surface area contributed by atoms with Crippen LogP contribution in [0.3, 0.4) is 0 Å². The summed E-state index contributed by atoms with van der Waals surface area (Å²) >= 11 is 0. The first-order valence-corrected chi connectivity index (χ1v) is 5.59. The molecule has 0 aromatic heterocycles. The van der Waals surface area contributed by atoms with Gasteiger partial charge in [-0.1, -0.05) is 20.8 Å². The van der Waals surface area contributed by atoms with E-state index in [4.69, 9.17) is 10.2 Å². The van der Waals surface area contributed by atoms with Gasteiger partial charge >= 0.3 is 11.9 Å². The third-order valence-corrected chi connectivity index (χ3v) is 2.84. The Bertz CT molecular complexity index is 238. The summed E-state index contributed by atoms with van der Waals surface area (Å²) in [7, 11) is 0. The van der Waals surface area contributed by atoms with Crippen molar-refractivity contribution in [1.29, 1.82) is 0 Å². The molecule has 2 N–H and O–H groups in total. The average Bonchev–Trinajstić information content (AvgIpc) is 2.21. The standard InChI is InChI=1S/C11H21NO4/c1-4-12(5-2)7-8(3)9(11(15)16)6-10(13)14/h8-9H,4-7H2,1-3H3,(H,13,14)(H,15,16). The zero-order chi connectivity index (χ0) is 12.7. The predicted molar refractivity (Wildman–Crippen MR) is 60.3 cm³/mol. The summed E-state index contributed by atoms with van der Waals surface area (Å²) in [5.74, 6) is -3.05. The number of carboxylic acids is 2. The summed E-state index contributed by atoms with van der Waals surface area (Å²) in [5.41, 5.74) is 0. The molecule has 0 amide bonds.